The van der Waals surface area contributed by atoms with E-state index in [-0.39, 0.29) is 5.91 Å². The van der Waals surface area contributed by atoms with Crippen LogP contribution >= 0.6 is 0 Å². The van der Waals surface area contributed by atoms with Gasteiger partial charge in [-0.05, 0) is 13.0 Å². The van der Waals surface area contributed by atoms with Crippen LogP contribution in [0.1, 0.15) is 13.3 Å². The van der Waals surface area contributed by atoms with E-state index >= 15 is 0 Å². The highest BCUT2D eigenvalue weighted by Gasteiger charge is 2.01. The standard InChI is InChI=1S/C13H16N4O/c1-2-14-12(18)7-8-15-13-16-9-10-5-3-4-6-11(10)17-13/h3-6,9H,2,7-8H2,1H3,(H,14,18)(H,15,16,17). The Morgan fingerprint density at radius 2 is 2.17 bits per heavy atom. The molecule has 0 unspecified atom stereocenters. The fourth-order valence-electron chi connectivity index (χ4n) is 1.63. The topological polar surface area (TPSA) is 66.9 Å². The molecule has 2 aromatic rings. The number of carbonyl (C=O) groups excluding carboxylic acids is 1. The van der Waals surface area contributed by atoms with E-state index in [0.717, 1.165) is 10.9 Å². The van der Waals surface area contributed by atoms with Crippen LogP contribution in [0.2, 0.25) is 0 Å². The zero-order valence-electron chi connectivity index (χ0n) is 10.3. The summed E-state index contributed by atoms with van der Waals surface area (Å²) >= 11 is 0. The van der Waals surface area contributed by atoms with Crippen molar-refractivity contribution >= 4 is 22.8 Å². The van der Waals surface area contributed by atoms with Crippen LogP contribution in [0.5, 0.6) is 0 Å². The number of benzene rings is 1. The molecule has 0 atom stereocenters. The Morgan fingerprint density at radius 3 is 3.00 bits per heavy atom. The van der Waals surface area contributed by atoms with Gasteiger partial charge in [-0.15, -0.1) is 0 Å². The number of fused-ring (bicyclic) bond motifs is 1. The first kappa shape index (κ1) is 12.3. The average molecular weight is 244 g/mol. The highest BCUT2D eigenvalue weighted by atomic mass is 16.1. The first-order valence-corrected chi connectivity index (χ1v) is 6.02. The van der Waals surface area contributed by atoms with Crippen molar-refractivity contribution in [2.45, 2.75) is 13.3 Å². The lowest BCUT2D eigenvalue weighted by Gasteiger charge is -2.05. The fraction of sp³-hybridized carbons (Fsp3) is 0.308. The molecule has 1 aromatic carbocycles. The number of hydrogen-bond acceptors (Lipinski definition) is 4. The van der Waals surface area contributed by atoms with Crippen molar-refractivity contribution in [3.8, 4) is 0 Å². The summed E-state index contributed by atoms with van der Waals surface area (Å²) in [4.78, 5) is 19.8. The monoisotopic (exact) mass is 244 g/mol. The van der Waals surface area contributed by atoms with Crippen molar-refractivity contribution in [1.82, 2.24) is 15.3 Å². The Labute approximate surface area is 106 Å². The largest absolute Gasteiger partial charge is 0.356 e. The molecule has 0 fully saturated rings. The summed E-state index contributed by atoms with van der Waals surface area (Å²) < 4.78 is 0. The normalized spacial score (nSPS) is 10.3. The van der Waals surface area contributed by atoms with Gasteiger partial charge in [0.1, 0.15) is 0 Å². The number of amides is 1. The molecule has 5 heteroatoms. The van der Waals surface area contributed by atoms with Crippen LogP contribution in [0.15, 0.2) is 30.5 Å². The highest BCUT2D eigenvalue weighted by Crippen LogP contribution is 2.11. The second-order valence-electron chi connectivity index (χ2n) is 3.88. The van der Waals surface area contributed by atoms with Crippen molar-refractivity contribution in [2.24, 2.45) is 0 Å². The van der Waals surface area contributed by atoms with Crippen molar-refractivity contribution < 1.29 is 4.79 Å². The zero-order chi connectivity index (χ0) is 12.8. The fourth-order valence-corrected chi connectivity index (χ4v) is 1.63. The van der Waals surface area contributed by atoms with Gasteiger partial charge < -0.3 is 10.6 Å². The van der Waals surface area contributed by atoms with Crippen LogP contribution < -0.4 is 10.6 Å². The quantitative estimate of drug-likeness (QED) is 0.837. The molecule has 18 heavy (non-hydrogen) atoms. The second kappa shape index (κ2) is 5.95. The van der Waals surface area contributed by atoms with E-state index in [2.05, 4.69) is 20.6 Å². The molecule has 2 rings (SSSR count). The van der Waals surface area contributed by atoms with Gasteiger partial charge in [-0.3, -0.25) is 4.79 Å². The Bertz CT molecular complexity index is 541. The maximum absolute atomic E-state index is 11.3. The molecule has 2 N–H and O–H groups in total. The number of aromatic nitrogens is 2. The molecule has 5 nitrogen and oxygen atoms in total. The number of hydrogen-bond donors (Lipinski definition) is 2. The molecule has 94 valence electrons. The van der Waals surface area contributed by atoms with E-state index in [1.54, 1.807) is 6.20 Å². The van der Waals surface area contributed by atoms with Gasteiger partial charge in [-0.2, -0.15) is 0 Å². The highest BCUT2D eigenvalue weighted by molar-refractivity contribution is 5.78. The Morgan fingerprint density at radius 1 is 1.33 bits per heavy atom. The van der Waals surface area contributed by atoms with Crippen molar-refractivity contribution in [3.63, 3.8) is 0 Å². The second-order valence-corrected chi connectivity index (χ2v) is 3.88. The molecule has 1 heterocycles. The molecule has 0 saturated heterocycles. The van der Waals surface area contributed by atoms with Gasteiger partial charge in [0.15, 0.2) is 0 Å². The smallest absolute Gasteiger partial charge is 0.223 e. The predicted octanol–water partition coefficient (Wildman–Crippen LogP) is 1.57. The van der Waals surface area contributed by atoms with Crippen LogP contribution in [0.4, 0.5) is 5.95 Å². The van der Waals surface area contributed by atoms with E-state index < -0.39 is 0 Å². The lowest BCUT2D eigenvalue weighted by molar-refractivity contribution is -0.120. The molecule has 1 aromatic heterocycles. The maximum atomic E-state index is 11.3. The molecular formula is C13H16N4O. The third-order valence-electron chi connectivity index (χ3n) is 2.50. The van der Waals surface area contributed by atoms with Crippen molar-refractivity contribution in [1.29, 1.82) is 0 Å². The van der Waals surface area contributed by atoms with Gasteiger partial charge in [0.25, 0.3) is 0 Å². The van der Waals surface area contributed by atoms with Crippen molar-refractivity contribution in [3.05, 3.63) is 30.5 Å². The summed E-state index contributed by atoms with van der Waals surface area (Å²) in [5, 5.41) is 6.79. The Balaban J connectivity index is 1.93. The van der Waals surface area contributed by atoms with E-state index in [1.807, 2.05) is 31.2 Å². The SMILES string of the molecule is CCNC(=O)CCNc1ncc2ccccc2n1. The van der Waals surface area contributed by atoms with Gasteiger partial charge in [0.05, 0.1) is 5.52 Å². The summed E-state index contributed by atoms with van der Waals surface area (Å²) in [7, 11) is 0. The first-order valence-electron chi connectivity index (χ1n) is 6.02. The summed E-state index contributed by atoms with van der Waals surface area (Å²) in [6, 6.07) is 7.79. The number of rotatable bonds is 5. The Kier molecular flexibility index (Phi) is 4.06. The Hall–Kier alpha value is -2.17. The number of anilines is 1. The lowest BCUT2D eigenvalue weighted by Crippen LogP contribution is -2.25. The van der Waals surface area contributed by atoms with Crippen LogP contribution in [-0.2, 0) is 4.79 Å². The minimum Gasteiger partial charge on any atom is -0.356 e. The molecule has 0 spiro atoms. The molecule has 0 aliphatic heterocycles. The van der Waals surface area contributed by atoms with Gasteiger partial charge in [0.2, 0.25) is 11.9 Å². The molecule has 0 aliphatic rings. The molecular weight excluding hydrogens is 228 g/mol. The summed E-state index contributed by atoms with van der Waals surface area (Å²) in [5.41, 5.74) is 0.896. The first-order chi connectivity index (χ1) is 8.79. The van der Waals surface area contributed by atoms with Crippen LogP contribution in [0.3, 0.4) is 0 Å². The lowest BCUT2D eigenvalue weighted by atomic mass is 10.2. The summed E-state index contributed by atoms with van der Waals surface area (Å²) in [5.74, 6) is 0.587. The zero-order valence-corrected chi connectivity index (χ0v) is 10.3. The molecule has 0 aliphatic carbocycles. The van der Waals surface area contributed by atoms with Crippen molar-refractivity contribution in [2.75, 3.05) is 18.4 Å². The van der Waals surface area contributed by atoms with Gasteiger partial charge >= 0.3 is 0 Å². The minimum absolute atomic E-state index is 0.0331. The van der Waals surface area contributed by atoms with Gasteiger partial charge in [-0.25, -0.2) is 9.97 Å². The number of carbonyl (C=O) groups is 1. The molecule has 0 radical (unpaired) electrons. The number of nitrogens with one attached hydrogen (secondary N) is 2. The van der Waals surface area contributed by atoms with Crippen LogP contribution in [-0.4, -0.2) is 29.0 Å². The summed E-state index contributed by atoms with van der Waals surface area (Å²) in [6.45, 7) is 3.09. The minimum atomic E-state index is 0.0331. The number of nitrogens with zero attached hydrogens (tertiary/aromatic N) is 2. The van der Waals surface area contributed by atoms with Gasteiger partial charge in [0, 0.05) is 31.1 Å². The van der Waals surface area contributed by atoms with E-state index in [1.165, 1.54) is 0 Å². The maximum Gasteiger partial charge on any atom is 0.223 e. The average Bonchev–Trinajstić information content (AvgIpc) is 2.39. The summed E-state index contributed by atoms with van der Waals surface area (Å²) in [6.07, 6.45) is 2.20. The molecule has 0 saturated carbocycles. The van der Waals surface area contributed by atoms with E-state index in [4.69, 9.17) is 0 Å². The number of para-hydroxylation sites is 1. The van der Waals surface area contributed by atoms with E-state index in [9.17, 15) is 4.79 Å². The molecule has 1 amide bonds. The molecule has 0 bridgehead atoms. The van der Waals surface area contributed by atoms with Crippen LogP contribution in [0, 0.1) is 0 Å². The van der Waals surface area contributed by atoms with Crippen LogP contribution in [0.25, 0.3) is 10.9 Å². The van der Waals surface area contributed by atoms with Gasteiger partial charge in [-0.1, -0.05) is 18.2 Å². The third kappa shape index (κ3) is 3.16. The predicted molar refractivity (Wildman–Crippen MR) is 71.3 cm³/mol. The van der Waals surface area contributed by atoms with E-state index in [0.29, 0.717) is 25.5 Å². The third-order valence-corrected chi connectivity index (χ3v) is 2.50.